The maximum Gasteiger partial charge on any atom is 0.427 e. The topological polar surface area (TPSA) is 171 Å². The number of sulfonamides is 1. The first kappa shape index (κ1) is 34.7. The van der Waals surface area contributed by atoms with E-state index in [1.54, 1.807) is 37.3 Å². The van der Waals surface area contributed by atoms with Crippen molar-refractivity contribution < 1.29 is 63.2 Å². The maximum atomic E-state index is 15.0. The van der Waals surface area contributed by atoms with Crippen LogP contribution >= 0.6 is 0 Å². The van der Waals surface area contributed by atoms with Crippen LogP contribution in [0.25, 0.3) is 10.8 Å². The van der Waals surface area contributed by atoms with Crippen molar-refractivity contribution in [1.29, 1.82) is 0 Å². The number of carbonyl (C=O) groups excluding carboxylic acids is 4. The van der Waals surface area contributed by atoms with E-state index in [-0.39, 0.29) is 43.5 Å². The van der Waals surface area contributed by atoms with Gasteiger partial charge in [-0.25, -0.2) is 8.42 Å². The van der Waals surface area contributed by atoms with Crippen LogP contribution in [0.3, 0.4) is 0 Å². The molecule has 17 heteroatoms. The van der Waals surface area contributed by atoms with Crippen LogP contribution in [0.15, 0.2) is 36.4 Å². The van der Waals surface area contributed by atoms with E-state index < -0.39 is 112 Å². The van der Waals surface area contributed by atoms with Crippen molar-refractivity contribution in [3.05, 3.63) is 36.4 Å². The summed E-state index contributed by atoms with van der Waals surface area (Å²) in [6.45, 7) is -4.29. The highest BCUT2D eigenvalue weighted by atomic mass is 32.2. The van der Waals surface area contributed by atoms with Gasteiger partial charge in [0.05, 0.1) is 53.0 Å². The predicted octanol–water partition coefficient (Wildman–Crippen LogP) is 5.85. The summed E-state index contributed by atoms with van der Waals surface area (Å²) in [6, 6.07) is 5.42. The molecule has 2 aliphatic carbocycles. The van der Waals surface area contributed by atoms with Crippen molar-refractivity contribution in [2.75, 3.05) is 13.7 Å². The van der Waals surface area contributed by atoms with E-state index in [4.69, 9.17) is 17.7 Å². The number of rotatable bonds is 9. The number of hydrogen-bond acceptors (Lipinski definition) is 11. The summed E-state index contributed by atoms with van der Waals surface area (Å²) in [5.41, 5.74) is -6.45. The van der Waals surface area contributed by atoms with E-state index in [0.29, 0.717) is 36.5 Å². The minimum absolute atomic E-state index is 0.00111. The molecule has 7 atom stereocenters. The van der Waals surface area contributed by atoms with Gasteiger partial charge >= 0.3 is 12.1 Å². The van der Waals surface area contributed by atoms with Gasteiger partial charge in [-0.3, -0.25) is 23.9 Å². The van der Waals surface area contributed by atoms with Gasteiger partial charge in [-0.2, -0.15) is 13.2 Å². The fourth-order valence-corrected chi connectivity index (χ4v) is 9.32. The number of esters is 1. The third-order valence-corrected chi connectivity index (χ3v) is 14.1. The summed E-state index contributed by atoms with van der Waals surface area (Å²) < 4.78 is 133. The number of halogens is 3. The Balaban J connectivity index is 1.39. The molecule has 2 saturated carbocycles. The molecule has 2 amide bonds. The molecule has 3 heterocycles. The van der Waals surface area contributed by atoms with Crippen molar-refractivity contribution >= 4 is 44.4 Å². The second kappa shape index (κ2) is 15.5. The van der Waals surface area contributed by atoms with Crippen LogP contribution in [0.5, 0.6) is 11.8 Å². The molecule has 1 aromatic carbocycles. The Hall–Kier alpha value is -4.28. The number of nitrogens with one attached hydrogen (secondary N) is 1. The molecule has 2 aliphatic heterocycles. The predicted molar refractivity (Wildman–Crippen MR) is 201 cm³/mol. The average Bonchev–Trinajstić information content (AvgIpc) is 4.06. The number of ether oxygens (including phenoxy) is 3. The van der Waals surface area contributed by atoms with Crippen molar-refractivity contribution in [2.24, 2.45) is 29.1 Å². The Morgan fingerprint density at radius 2 is 1.74 bits per heavy atom. The number of Topliss-reactive ketones (excluding diaryl/α,β-unsaturated/α-hetero) is 1. The van der Waals surface area contributed by atoms with Gasteiger partial charge in [0.15, 0.2) is 5.78 Å². The number of hydrogen-bond donors (Lipinski definition) is 1. The highest BCUT2D eigenvalue weighted by Crippen LogP contribution is 2.58. The summed E-state index contributed by atoms with van der Waals surface area (Å²) in [6.07, 6.45) is -3.50. The van der Waals surface area contributed by atoms with E-state index in [9.17, 15) is 40.8 Å². The molecular formula is C40H51F3N4O9S. The number of ketones is 1. The molecule has 0 radical (unpaired) electrons. The fourth-order valence-electron chi connectivity index (χ4n) is 7.99. The van der Waals surface area contributed by atoms with E-state index in [1.165, 1.54) is 14.0 Å². The van der Waals surface area contributed by atoms with Gasteiger partial charge in [-0.1, -0.05) is 38.1 Å². The number of fused-ring (bicyclic) bond motifs is 3. The molecule has 1 aromatic heterocycles. The van der Waals surface area contributed by atoms with Gasteiger partial charge in [-0.15, -0.1) is 10.2 Å². The van der Waals surface area contributed by atoms with Crippen LogP contribution in [0.4, 0.5) is 13.2 Å². The lowest BCUT2D eigenvalue weighted by atomic mass is 9.82. The lowest BCUT2D eigenvalue weighted by Crippen LogP contribution is -2.48. The van der Waals surface area contributed by atoms with Crippen LogP contribution in [0.1, 0.15) is 100 Å². The Morgan fingerprint density at radius 1 is 1.07 bits per heavy atom. The SMILES string of the molecule is [2H]C([2H])([2H])C(OC(=O)C[C@@H]1C(=O)N2C[C@H](Oc3nnc(OC)c4ccccc34)C[C@H]2C(=O)C[C@]2(C(=O)NS(=O)(=O)C3(C)CC3)C[C@H]2/C=C\CC[C@@H](C)C[C@H]1C)(C([2H])([2H])[2H])C(F)(F)F. The Labute approximate surface area is 338 Å². The second-order valence-electron chi connectivity index (χ2n) is 16.3. The lowest BCUT2D eigenvalue weighted by Gasteiger charge is -2.33. The van der Waals surface area contributed by atoms with Gasteiger partial charge < -0.3 is 19.1 Å². The number of amides is 2. The first-order chi connectivity index (χ1) is 29.1. The van der Waals surface area contributed by atoms with Crippen molar-refractivity contribution in [1.82, 2.24) is 19.8 Å². The molecule has 6 rings (SSSR count). The van der Waals surface area contributed by atoms with Crippen LogP contribution < -0.4 is 14.2 Å². The summed E-state index contributed by atoms with van der Waals surface area (Å²) in [7, 11) is -2.72. The van der Waals surface area contributed by atoms with Crippen molar-refractivity contribution in [2.45, 2.75) is 121 Å². The first-order valence-corrected chi connectivity index (χ1v) is 20.4. The highest BCUT2D eigenvalue weighted by molar-refractivity contribution is 7.91. The largest absolute Gasteiger partial charge is 0.479 e. The highest BCUT2D eigenvalue weighted by Gasteiger charge is 2.63. The second-order valence-corrected chi connectivity index (χ2v) is 18.5. The summed E-state index contributed by atoms with van der Waals surface area (Å²) in [4.78, 5) is 58.4. The summed E-state index contributed by atoms with van der Waals surface area (Å²) in [5, 5.41) is 9.20. The molecule has 0 bridgehead atoms. The number of benzene rings is 1. The fraction of sp³-hybridized carbons (Fsp3) is 0.650. The maximum absolute atomic E-state index is 15.0. The normalized spacial score (nSPS) is 31.9. The summed E-state index contributed by atoms with van der Waals surface area (Å²) in [5.74, 6) is -7.33. The Morgan fingerprint density at radius 3 is 2.37 bits per heavy atom. The molecular weight excluding hydrogens is 770 g/mol. The minimum Gasteiger partial charge on any atom is -0.479 e. The molecule has 2 aromatic rings. The van der Waals surface area contributed by atoms with Gasteiger partial charge in [0.2, 0.25) is 39.2 Å². The van der Waals surface area contributed by atoms with E-state index >= 15 is 0 Å². The molecule has 0 unspecified atom stereocenters. The Kier molecular flexibility index (Phi) is 9.43. The molecule has 1 N–H and O–H groups in total. The number of alkyl halides is 3. The lowest BCUT2D eigenvalue weighted by molar-refractivity contribution is -0.257. The zero-order chi connectivity index (χ0) is 46.7. The zero-order valence-corrected chi connectivity index (χ0v) is 32.9. The smallest absolute Gasteiger partial charge is 0.427 e. The number of carbonyl (C=O) groups is 4. The van der Waals surface area contributed by atoms with Crippen LogP contribution in [0.2, 0.25) is 0 Å². The number of aromatic nitrogens is 2. The quantitative estimate of drug-likeness (QED) is 0.238. The minimum atomic E-state index is -6.11. The Bertz CT molecular complexity index is 2240. The van der Waals surface area contributed by atoms with Gasteiger partial charge in [-0.05, 0) is 89.0 Å². The van der Waals surface area contributed by atoms with Crippen LogP contribution in [0, 0.1) is 29.1 Å². The molecule has 1 saturated heterocycles. The number of methoxy groups -OCH3 is 1. The van der Waals surface area contributed by atoms with E-state index in [2.05, 4.69) is 19.7 Å². The molecule has 4 aliphatic rings. The van der Waals surface area contributed by atoms with Crippen LogP contribution in [-0.4, -0.2) is 89.4 Å². The van der Waals surface area contributed by atoms with Gasteiger partial charge in [0.1, 0.15) is 6.10 Å². The monoisotopic (exact) mass is 826 g/mol. The third kappa shape index (κ3) is 8.63. The number of allylic oxidation sites excluding steroid dienone is 2. The third-order valence-electron chi connectivity index (χ3n) is 11.9. The molecule has 57 heavy (non-hydrogen) atoms. The molecule has 312 valence electrons. The summed E-state index contributed by atoms with van der Waals surface area (Å²) >= 11 is 0. The molecule has 13 nitrogen and oxygen atoms in total. The molecule has 3 fully saturated rings. The number of nitrogens with zero attached hydrogens (tertiary/aromatic N) is 3. The standard InChI is InChI=1S/C40H51F3N4O9S/c1-23-11-7-8-12-25-20-39(25,36(51)46-57(52,53)38(5)15-16-38)21-31(48)30-18-26(55-34-28-14-10-9-13-27(28)33(54-6)44-45-34)22-47(30)35(50)29(24(2)17-23)19-32(49)56-37(3,4)40(41,42)43/h8-10,12-14,23-26,29-30H,7,11,15-22H2,1-6H3,(H,46,51)/b12-8-/t23-,24-,25-,26-,29+,30+,39-/m1/s1/i3D3,4D3. The molecule has 0 spiro atoms. The van der Waals surface area contributed by atoms with Gasteiger partial charge in [0.25, 0.3) is 0 Å². The van der Waals surface area contributed by atoms with Gasteiger partial charge in [0, 0.05) is 21.1 Å². The van der Waals surface area contributed by atoms with E-state index in [1.807, 2.05) is 13.0 Å². The van der Waals surface area contributed by atoms with Crippen LogP contribution in [-0.2, 0) is 33.9 Å². The van der Waals surface area contributed by atoms with Crippen molar-refractivity contribution in [3.8, 4) is 11.8 Å². The zero-order valence-electron chi connectivity index (χ0n) is 38.1. The average molecular weight is 827 g/mol. The van der Waals surface area contributed by atoms with Crippen molar-refractivity contribution in [3.63, 3.8) is 0 Å². The first-order valence-electron chi connectivity index (χ1n) is 21.9. The van der Waals surface area contributed by atoms with E-state index in [0.717, 1.165) is 4.90 Å².